The minimum Gasteiger partial charge on any atom is -0.360 e. The van der Waals surface area contributed by atoms with Gasteiger partial charge in [0.1, 0.15) is 17.0 Å². The van der Waals surface area contributed by atoms with Crippen LogP contribution in [0.25, 0.3) is 21.5 Å². The zero-order valence-corrected chi connectivity index (χ0v) is 21.0. The van der Waals surface area contributed by atoms with Crippen LogP contribution in [0.4, 0.5) is 5.13 Å². The molecule has 2 aromatic carbocycles. The summed E-state index contributed by atoms with van der Waals surface area (Å²) in [6.45, 7) is 8.92. The predicted molar refractivity (Wildman–Crippen MR) is 136 cm³/mol. The maximum absolute atomic E-state index is 14.0. The van der Waals surface area contributed by atoms with Gasteiger partial charge in [0.15, 0.2) is 5.13 Å². The highest BCUT2D eigenvalue weighted by molar-refractivity contribution is 7.22. The smallest absolute Gasteiger partial charge is 0.266 e. The summed E-state index contributed by atoms with van der Waals surface area (Å²) in [5.74, 6) is 0.216. The van der Waals surface area contributed by atoms with Crippen LogP contribution in [0.3, 0.4) is 0 Å². The molecular formula is C24H24Cl2N4O2S. The van der Waals surface area contributed by atoms with E-state index in [9.17, 15) is 4.79 Å². The predicted octanol–water partition coefficient (Wildman–Crippen LogP) is 6.56. The second-order valence-corrected chi connectivity index (χ2v) is 9.39. The van der Waals surface area contributed by atoms with E-state index < -0.39 is 0 Å². The quantitative estimate of drug-likeness (QED) is 0.273. The number of hydrogen-bond donors (Lipinski definition) is 0. The first-order valence-electron chi connectivity index (χ1n) is 10.7. The van der Waals surface area contributed by atoms with Crippen molar-refractivity contribution in [3.63, 3.8) is 0 Å². The van der Waals surface area contributed by atoms with Crippen molar-refractivity contribution in [3.05, 3.63) is 63.8 Å². The first kappa shape index (κ1) is 23.7. The molecule has 2 heterocycles. The molecular weight excluding hydrogens is 479 g/mol. The fourth-order valence-corrected chi connectivity index (χ4v) is 5.15. The van der Waals surface area contributed by atoms with Crippen molar-refractivity contribution in [2.75, 3.05) is 31.1 Å². The Morgan fingerprint density at radius 2 is 1.85 bits per heavy atom. The highest BCUT2D eigenvalue weighted by atomic mass is 35.5. The maximum Gasteiger partial charge on any atom is 0.266 e. The summed E-state index contributed by atoms with van der Waals surface area (Å²) in [5.41, 5.74) is 2.27. The zero-order chi connectivity index (χ0) is 23.5. The molecule has 4 rings (SSSR count). The summed E-state index contributed by atoms with van der Waals surface area (Å²) in [6.07, 6.45) is 0. The Morgan fingerprint density at radius 3 is 2.58 bits per heavy atom. The SMILES string of the molecule is CCN(CC)CCN(C(=O)c1c(-c2ccccc2Cl)noc1C)c1nc2ccc(Cl)cc2s1. The minimum absolute atomic E-state index is 0.221. The number of likely N-dealkylation sites (N-methyl/N-ethyl adjacent to an activating group) is 1. The van der Waals surface area contributed by atoms with Gasteiger partial charge in [0.25, 0.3) is 5.91 Å². The van der Waals surface area contributed by atoms with Gasteiger partial charge >= 0.3 is 0 Å². The van der Waals surface area contributed by atoms with Crippen LogP contribution >= 0.6 is 34.5 Å². The molecule has 0 atom stereocenters. The molecule has 9 heteroatoms. The summed E-state index contributed by atoms with van der Waals surface area (Å²) in [5, 5.41) is 5.92. The number of carbonyl (C=O) groups is 1. The number of hydrogen-bond acceptors (Lipinski definition) is 6. The van der Waals surface area contributed by atoms with Gasteiger partial charge in [0.05, 0.1) is 15.2 Å². The molecule has 4 aromatic rings. The molecule has 0 aliphatic rings. The van der Waals surface area contributed by atoms with E-state index in [0.29, 0.717) is 50.8 Å². The van der Waals surface area contributed by atoms with Crippen LogP contribution < -0.4 is 4.90 Å². The van der Waals surface area contributed by atoms with Crippen molar-refractivity contribution in [2.45, 2.75) is 20.8 Å². The van der Waals surface area contributed by atoms with Crippen molar-refractivity contribution in [3.8, 4) is 11.3 Å². The Morgan fingerprint density at radius 1 is 1.09 bits per heavy atom. The van der Waals surface area contributed by atoms with Gasteiger partial charge in [-0.25, -0.2) is 4.98 Å². The van der Waals surface area contributed by atoms with Crippen LogP contribution in [0.15, 0.2) is 47.0 Å². The Bertz CT molecular complexity index is 1280. The normalized spacial score (nSPS) is 11.5. The Kier molecular flexibility index (Phi) is 7.34. The van der Waals surface area contributed by atoms with Crippen molar-refractivity contribution < 1.29 is 9.32 Å². The van der Waals surface area contributed by atoms with Crippen molar-refractivity contribution in [1.29, 1.82) is 0 Å². The van der Waals surface area contributed by atoms with Gasteiger partial charge in [-0.3, -0.25) is 9.69 Å². The molecule has 33 heavy (non-hydrogen) atoms. The molecule has 0 spiro atoms. The number of aryl methyl sites for hydroxylation is 1. The highest BCUT2D eigenvalue weighted by Gasteiger charge is 2.29. The molecule has 0 saturated heterocycles. The third-order valence-corrected chi connectivity index (χ3v) is 7.16. The number of carbonyl (C=O) groups excluding carboxylic acids is 1. The lowest BCUT2D eigenvalue weighted by Gasteiger charge is -2.24. The standard InChI is InChI=1S/C24H24Cl2N4O2S/c1-4-29(5-2)12-13-30(24-27-19-11-10-16(25)14-20(19)33-24)23(31)21-15(3)32-28-22(21)17-8-6-7-9-18(17)26/h6-11,14H,4-5,12-13H2,1-3H3. The van der Waals surface area contributed by atoms with E-state index in [1.54, 1.807) is 24.0 Å². The Hall–Kier alpha value is -2.45. The third kappa shape index (κ3) is 4.92. The first-order valence-corrected chi connectivity index (χ1v) is 12.3. The number of benzene rings is 2. The molecule has 0 radical (unpaired) electrons. The largest absolute Gasteiger partial charge is 0.360 e. The molecule has 0 saturated carbocycles. The topological polar surface area (TPSA) is 62.5 Å². The fourth-order valence-electron chi connectivity index (χ4n) is 3.66. The molecule has 0 N–H and O–H groups in total. The highest BCUT2D eigenvalue weighted by Crippen LogP contribution is 2.35. The molecule has 0 aliphatic heterocycles. The molecule has 6 nitrogen and oxygen atoms in total. The van der Waals surface area contributed by atoms with Gasteiger partial charge in [-0.1, -0.05) is 71.7 Å². The van der Waals surface area contributed by atoms with Gasteiger partial charge in [0.2, 0.25) is 0 Å². The molecule has 0 aliphatic carbocycles. The monoisotopic (exact) mass is 502 g/mol. The van der Waals surface area contributed by atoms with Gasteiger partial charge in [-0.15, -0.1) is 0 Å². The van der Waals surface area contributed by atoms with Crippen LogP contribution in [0.5, 0.6) is 0 Å². The van der Waals surface area contributed by atoms with Crippen LogP contribution in [0.1, 0.15) is 30.0 Å². The molecule has 0 bridgehead atoms. The fraction of sp³-hybridized carbons (Fsp3) is 0.292. The lowest BCUT2D eigenvalue weighted by Crippen LogP contribution is -2.39. The van der Waals surface area contributed by atoms with Crippen molar-refractivity contribution in [2.24, 2.45) is 0 Å². The van der Waals surface area contributed by atoms with Crippen LogP contribution in [0, 0.1) is 6.92 Å². The number of fused-ring (bicyclic) bond motifs is 1. The number of halogens is 2. The average molecular weight is 503 g/mol. The first-order chi connectivity index (χ1) is 15.9. The lowest BCUT2D eigenvalue weighted by molar-refractivity contribution is 0.0983. The van der Waals surface area contributed by atoms with E-state index in [1.807, 2.05) is 30.3 Å². The molecule has 0 fully saturated rings. The van der Waals surface area contributed by atoms with Gasteiger partial charge < -0.3 is 9.42 Å². The number of anilines is 1. The summed E-state index contributed by atoms with van der Waals surface area (Å²) in [7, 11) is 0. The lowest BCUT2D eigenvalue weighted by atomic mass is 10.1. The van der Waals surface area contributed by atoms with E-state index in [4.69, 9.17) is 32.7 Å². The Labute approximate surface area is 206 Å². The van der Waals surface area contributed by atoms with E-state index >= 15 is 0 Å². The summed E-state index contributed by atoms with van der Waals surface area (Å²) < 4.78 is 6.38. The summed E-state index contributed by atoms with van der Waals surface area (Å²) in [6, 6.07) is 12.8. The van der Waals surface area contributed by atoms with E-state index in [0.717, 1.165) is 23.3 Å². The summed E-state index contributed by atoms with van der Waals surface area (Å²) >= 11 is 14.0. The third-order valence-electron chi connectivity index (χ3n) is 5.56. The van der Waals surface area contributed by atoms with E-state index in [1.165, 1.54) is 11.3 Å². The van der Waals surface area contributed by atoms with Gasteiger partial charge in [-0.2, -0.15) is 0 Å². The van der Waals surface area contributed by atoms with Crippen molar-refractivity contribution in [1.82, 2.24) is 15.0 Å². The minimum atomic E-state index is -0.221. The van der Waals surface area contributed by atoms with Crippen LogP contribution in [0.2, 0.25) is 10.0 Å². The number of amides is 1. The second-order valence-electron chi connectivity index (χ2n) is 7.53. The Balaban J connectivity index is 1.78. The van der Waals surface area contributed by atoms with E-state index in [2.05, 4.69) is 23.9 Å². The second kappa shape index (κ2) is 10.2. The number of rotatable bonds is 8. The average Bonchev–Trinajstić information content (AvgIpc) is 3.39. The van der Waals surface area contributed by atoms with Crippen molar-refractivity contribution >= 4 is 55.8 Å². The molecule has 0 unspecified atom stereocenters. The van der Waals surface area contributed by atoms with Gasteiger partial charge in [-0.05, 0) is 44.3 Å². The molecule has 1 amide bonds. The number of thiazole rings is 1. The van der Waals surface area contributed by atoms with Gasteiger partial charge in [0, 0.05) is 23.7 Å². The maximum atomic E-state index is 14.0. The molecule has 172 valence electrons. The summed E-state index contributed by atoms with van der Waals surface area (Å²) in [4.78, 5) is 22.7. The van der Waals surface area contributed by atoms with Crippen LogP contribution in [-0.2, 0) is 0 Å². The number of aromatic nitrogens is 2. The number of nitrogens with zero attached hydrogens (tertiary/aromatic N) is 4. The van der Waals surface area contributed by atoms with E-state index in [-0.39, 0.29) is 5.91 Å². The molecule has 2 aromatic heterocycles. The van der Waals surface area contributed by atoms with Crippen LogP contribution in [-0.4, -0.2) is 47.1 Å². The zero-order valence-electron chi connectivity index (χ0n) is 18.6.